The molecule has 8 heteroatoms. The Morgan fingerprint density at radius 2 is 1.81 bits per heavy atom. The van der Waals surface area contributed by atoms with Crippen molar-refractivity contribution in [2.75, 3.05) is 7.11 Å². The average molecular weight is 483 g/mol. The van der Waals surface area contributed by atoms with Gasteiger partial charge >= 0.3 is 0 Å². The third kappa shape index (κ3) is 3.71. The summed E-state index contributed by atoms with van der Waals surface area (Å²) < 4.78 is 13.6. The highest BCUT2D eigenvalue weighted by Crippen LogP contribution is 2.31. The Hall–Kier alpha value is -3.06. The van der Waals surface area contributed by atoms with Gasteiger partial charge in [-0.05, 0) is 48.0 Å². The van der Waals surface area contributed by atoms with E-state index in [9.17, 15) is 4.79 Å². The van der Waals surface area contributed by atoms with Crippen molar-refractivity contribution in [1.82, 2.24) is 9.38 Å². The Kier molecular flexibility index (Phi) is 5.51. The predicted molar refractivity (Wildman–Crippen MR) is 129 cm³/mol. The summed E-state index contributed by atoms with van der Waals surface area (Å²) in [4.78, 5) is 18.2. The van der Waals surface area contributed by atoms with Crippen molar-refractivity contribution < 1.29 is 9.47 Å². The summed E-state index contributed by atoms with van der Waals surface area (Å²) in [5, 5.41) is 1.06. The third-order valence-corrected chi connectivity index (χ3v) is 6.74. The Labute approximate surface area is 197 Å². The maximum Gasteiger partial charge on any atom is 0.274 e. The second kappa shape index (κ2) is 8.47. The largest absolute Gasteiger partial charge is 0.493 e. The van der Waals surface area contributed by atoms with Gasteiger partial charge < -0.3 is 9.47 Å². The zero-order valence-corrected chi connectivity index (χ0v) is 19.2. The molecule has 5 nitrogen and oxygen atoms in total. The molecule has 0 atom stereocenters. The molecule has 0 N–H and O–H groups in total. The lowest BCUT2D eigenvalue weighted by Crippen LogP contribution is -2.22. The molecule has 0 aliphatic heterocycles. The molecule has 0 fully saturated rings. The van der Waals surface area contributed by atoms with Gasteiger partial charge in [0.1, 0.15) is 6.61 Å². The number of halogens is 2. The van der Waals surface area contributed by atoms with Gasteiger partial charge in [0, 0.05) is 15.6 Å². The summed E-state index contributed by atoms with van der Waals surface area (Å²) in [6, 6.07) is 18.4. The van der Waals surface area contributed by atoms with E-state index in [1.807, 2.05) is 42.5 Å². The van der Waals surface area contributed by atoms with E-state index in [0.717, 1.165) is 16.6 Å². The summed E-state index contributed by atoms with van der Waals surface area (Å²) in [6.45, 7) is 0.184. The number of thiazole rings is 1. The Morgan fingerprint density at radius 3 is 2.59 bits per heavy atom. The van der Waals surface area contributed by atoms with E-state index in [-0.39, 0.29) is 12.2 Å². The molecule has 32 heavy (non-hydrogen) atoms. The summed E-state index contributed by atoms with van der Waals surface area (Å²) in [5.41, 5.74) is 3.01. The second-order valence-corrected chi connectivity index (χ2v) is 8.86. The van der Waals surface area contributed by atoms with Crippen molar-refractivity contribution in [1.29, 1.82) is 0 Å². The van der Waals surface area contributed by atoms with E-state index in [0.29, 0.717) is 36.6 Å². The Balaban J connectivity index is 1.53. The number of imidazole rings is 1. The molecule has 5 rings (SSSR count). The number of ether oxygens (including phenoxy) is 2. The van der Waals surface area contributed by atoms with Crippen molar-refractivity contribution in [3.05, 3.63) is 96.7 Å². The summed E-state index contributed by atoms with van der Waals surface area (Å²) in [7, 11) is 1.57. The molecule has 2 aromatic heterocycles. The highest BCUT2D eigenvalue weighted by atomic mass is 35.5. The minimum Gasteiger partial charge on any atom is -0.493 e. The zero-order valence-electron chi connectivity index (χ0n) is 16.8. The minimum atomic E-state index is -0.0974. The molecule has 0 unspecified atom stereocenters. The highest BCUT2D eigenvalue weighted by molar-refractivity contribution is 7.15. The van der Waals surface area contributed by atoms with Crippen LogP contribution >= 0.6 is 34.5 Å². The number of hydrogen-bond donors (Lipinski definition) is 0. The van der Waals surface area contributed by atoms with Crippen molar-refractivity contribution in [2.24, 2.45) is 0 Å². The van der Waals surface area contributed by atoms with Crippen molar-refractivity contribution >= 4 is 56.6 Å². The first kappa shape index (κ1) is 20.8. The van der Waals surface area contributed by atoms with Crippen LogP contribution < -0.4 is 19.6 Å². The van der Waals surface area contributed by atoms with Crippen LogP contribution in [0.2, 0.25) is 10.0 Å². The van der Waals surface area contributed by atoms with Crippen LogP contribution in [-0.4, -0.2) is 16.5 Å². The lowest BCUT2D eigenvalue weighted by Gasteiger charge is -2.13. The van der Waals surface area contributed by atoms with E-state index in [4.69, 9.17) is 32.7 Å². The van der Waals surface area contributed by atoms with E-state index in [2.05, 4.69) is 4.98 Å². The number of aromatic nitrogens is 2. The molecule has 5 aromatic rings. The number of fused-ring (bicyclic) bond motifs is 3. The van der Waals surface area contributed by atoms with Gasteiger partial charge in [0.05, 0.1) is 22.7 Å². The Bertz CT molecular complexity index is 1560. The van der Waals surface area contributed by atoms with Crippen LogP contribution in [0.25, 0.3) is 22.1 Å². The van der Waals surface area contributed by atoms with E-state index >= 15 is 0 Å². The number of hydrogen-bond acceptors (Lipinski definition) is 5. The standard InChI is InChI=1S/C24H16Cl2N2O3S/c1-30-20-10-9-14(11-21(20)31-13-15-16(25)5-4-6-17(15)26)12-22-23(29)28-19-8-3-2-7-18(19)27-24(28)32-22/h2-12H,13H2,1H3/b22-12-. The van der Waals surface area contributed by atoms with Crippen LogP contribution in [0.1, 0.15) is 11.1 Å². The van der Waals surface area contributed by atoms with Gasteiger partial charge in [-0.3, -0.25) is 4.79 Å². The summed E-state index contributed by atoms with van der Waals surface area (Å²) in [5.74, 6) is 1.09. The molecule has 0 amide bonds. The molecule has 0 saturated carbocycles. The van der Waals surface area contributed by atoms with Crippen LogP contribution in [0.4, 0.5) is 0 Å². The predicted octanol–water partition coefficient (Wildman–Crippen LogP) is 5.35. The lowest BCUT2D eigenvalue weighted by atomic mass is 10.2. The molecule has 0 aliphatic carbocycles. The number of benzene rings is 3. The van der Waals surface area contributed by atoms with Crippen LogP contribution in [0, 0.1) is 0 Å². The van der Waals surface area contributed by atoms with Crippen LogP contribution in [0.5, 0.6) is 11.5 Å². The zero-order chi connectivity index (χ0) is 22.2. The highest BCUT2D eigenvalue weighted by Gasteiger charge is 2.12. The summed E-state index contributed by atoms with van der Waals surface area (Å²) >= 11 is 13.9. The van der Waals surface area contributed by atoms with Gasteiger partial charge in [0.2, 0.25) is 0 Å². The fraction of sp³-hybridized carbons (Fsp3) is 0.0833. The van der Waals surface area contributed by atoms with Crippen LogP contribution in [0.15, 0.2) is 65.5 Å². The van der Waals surface area contributed by atoms with Gasteiger partial charge in [-0.25, -0.2) is 9.38 Å². The van der Waals surface area contributed by atoms with Gasteiger partial charge in [-0.1, -0.05) is 58.8 Å². The first-order valence-electron chi connectivity index (χ1n) is 9.70. The Morgan fingerprint density at radius 1 is 1.03 bits per heavy atom. The number of methoxy groups -OCH3 is 1. The molecule has 0 radical (unpaired) electrons. The molecule has 0 aliphatic rings. The third-order valence-electron chi connectivity index (χ3n) is 5.06. The normalized spacial score (nSPS) is 12.0. The topological polar surface area (TPSA) is 52.8 Å². The molecule has 3 aromatic carbocycles. The van der Waals surface area contributed by atoms with Crippen LogP contribution in [-0.2, 0) is 6.61 Å². The van der Waals surface area contributed by atoms with Gasteiger partial charge in [-0.15, -0.1) is 0 Å². The second-order valence-electron chi connectivity index (χ2n) is 7.03. The number of rotatable bonds is 5. The quantitative estimate of drug-likeness (QED) is 0.338. The monoisotopic (exact) mass is 482 g/mol. The average Bonchev–Trinajstić information content (AvgIpc) is 3.29. The SMILES string of the molecule is COc1ccc(/C=c2\sc3nc4ccccc4n3c2=O)cc1OCc1c(Cl)cccc1Cl. The number of nitrogens with zero attached hydrogens (tertiary/aromatic N) is 2. The van der Waals surface area contributed by atoms with Crippen molar-refractivity contribution in [3.63, 3.8) is 0 Å². The first-order chi connectivity index (χ1) is 15.5. The van der Waals surface area contributed by atoms with E-state index in [1.165, 1.54) is 11.3 Å². The first-order valence-corrected chi connectivity index (χ1v) is 11.3. The maximum atomic E-state index is 13.0. The molecule has 2 heterocycles. The molecular weight excluding hydrogens is 467 g/mol. The molecular formula is C24H16Cl2N2O3S. The minimum absolute atomic E-state index is 0.0974. The van der Waals surface area contributed by atoms with Gasteiger partial charge in [0.15, 0.2) is 16.5 Å². The van der Waals surface area contributed by atoms with Crippen molar-refractivity contribution in [3.8, 4) is 11.5 Å². The van der Waals surface area contributed by atoms with E-state index < -0.39 is 0 Å². The lowest BCUT2D eigenvalue weighted by molar-refractivity contribution is 0.284. The van der Waals surface area contributed by atoms with Gasteiger partial charge in [0.25, 0.3) is 5.56 Å². The molecule has 0 bridgehead atoms. The molecule has 160 valence electrons. The van der Waals surface area contributed by atoms with Gasteiger partial charge in [-0.2, -0.15) is 0 Å². The van der Waals surface area contributed by atoms with Crippen LogP contribution in [0.3, 0.4) is 0 Å². The fourth-order valence-corrected chi connectivity index (χ4v) is 4.97. The molecule has 0 spiro atoms. The fourth-order valence-electron chi connectivity index (χ4n) is 3.48. The molecule has 0 saturated heterocycles. The summed E-state index contributed by atoms with van der Waals surface area (Å²) in [6.07, 6.45) is 1.82. The maximum absolute atomic E-state index is 13.0. The van der Waals surface area contributed by atoms with E-state index in [1.54, 1.807) is 35.8 Å². The smallest absolute Gasteiger partial charge is 0.274 e. The number of para-hydroxylation sites is 2. The van der Waals surface area contributed by atoms with Crippen molar-refractivity contribution in [2.45, 2.75) is 6.61 Å².